The van der Waals surface area contributed by atoms with E-state index in [0.29, 0.717) is 30.3 Å². The van der Waals surface area contributed by atoms with Gasteiger partial charge in [0.1, 0.15) is 30.5 Å². The van der Waals surface area contributed by atoms with Gasteiger partial charge in [0.2, 0.25) is 0 Å². The van der Waals surface area contributed by atoms with Gasteiger partial charge in [-0.25, -0.2) is 0 Å². The summed E-state index contributed by atoms with van der Waals surface area (Å²) in [6, 6.07) is 23.6. The monoisotopic (exact) mass is 493 g/mol. The van der Waals surface area contributed by atoms with Crippen molar-refractivity contribution in [3.63, 3.8) is 0 Å². The lowest BCUT2D eigenvalue weighted by Gasteiger charge is -2.12. The normalized spacial score (nSPS) is 10.1. The molecule has 3 aromatic carbocycles. The molecule has 0 fully saturated rings. The maximum atomic E-state index is 12.5. The number of aryl methyl sites for hydroxylation is 1. The first kappa shape index (κ1) is 25.5. The Bertz CT molecular complexity index is 1120. The van der Waals surface area contributed by atoms with Crippen LogP contribution in [0.1, 0.15) is 22.8 Å². The molecular weight excluding hydrogens is 466 g/mol. The molecule has 0 spiro atoms. The molecule has 0 heterocycles. The fraction of sp³-hybridized carbons (Fsp3) is 0.192. The maximum Gasteiger partial charge on any atom is 0.276 e. The van der Waals surface area contributed by atoms with Crippen LogP contribution in [0.5, 0.6) is 17.2 Å². The topological polar surface area (TPSA) is 97.9 Å². The number of thiocarbonyl (C=S) groups is 1. The van der Waals surface area contributed by atoms with Crippen molar-refractivity contribution < 1.29 is 23.8 Å². The largest absolute Gasteiger partial charge is 0.490 e. The zero-order chi connectivity index (χ0) is 24.9. The molecule has 0 aromatic heterocycles. The smallest absolute Gasteiger partial charge is 0.276 e. The first-order valence-corrected chi connectivity index (χ1v) is 11.5. The highest BCUT2D eigenvalue weighted by atomic mass is 32.1. The molecule has 0 radical (unpaired) electrons. The summed E-state index contributed by atoms with van der Waals surface area (Å²) in [5, 5.41) is 2.44. The summed E-state index contributed by atoms with van der Waals surface area (Å²) in [6.45, 7) is 2.53. The molecule has 8 nitrogen and oxygen atoms in total. The first-order chi connectivity index (χ1) is 17.0. The maximum absolute atomic E-state index is 12.5. The molecule has 0 saturated heterocycles. The Hall–Kier alpha value is -4.11. The number of ether oxygens (including phenoxy) is 3. The van der Waals surface area contributed by atoms with Crippen LogP contribution >= 0.6 is 12.2 Å². The van der Waals surface area contributed by atoms with E-state index in [2.05, 4.69) is 23.1 Å². The van der Waals surface area contributed by atoms with Gasteiger partial charge >= 0.3 is 0 Å². The fourth-order valence-electron chi connectivity index (χ4n) is 2.90. The number of hydrazine groups is 1. The minimum Gasteiger partial charge on any atom is -0.490 e. The highest BCUT2D eigenvalue weighted by Gasteiger charge is 2.10. The van der Waals surface area contributed by atoms with Crippen LogP contribution in [-0.4, -0.2) is 36.7 Å². The summed E-state index contributed by atoms with van der Waals surface area (Å²) >= 11 is 5.07. The average molecular weight is 494 g/mol. The third-order valence-electron chi connectivity index (χ3n) is 4.70. The molecule has 3 N–H and O–H groups in total. The molecule has 9 heteroatoms. The molecular formula is C26H27N3O5S. The zero-order valence-corrected chi connectivity index (χ0v) is 20.1. The van der Waals surface area contributed by atoms with E-state index < -0.39 is 11.8 Å². The number of amides is 2. The van der Waals surface area contributed by atoms with Gasteiger partial charge in [0.25, 0.3) is 11.8 Å². The lowest BCUT2D eigenvalue weighted by Crippen LogP contribution is -2.49. The molecule has 3 rings (SSSR count). The lowest BCUT2D eigenvalue weighted by atomic mass is 10.2. The Balaban J connectivity index is 1.36. The summed E-state index contributed by atoms with van der Waals surface area (Å²) in [5.74, 6) is 0.964. The first-order valence-electron chi connectivity index (χ1n) is 11.1. The van der Waals surface area contributed by atoms with Crippen molar-refractivity contribution in [1.29, 1.82) is 0 Å². The van der Waals surface area contributed by atoms with Crippen LogP contribution in [0.4, 0.5) is 0 Å². The van der Waals surface area contributed by atoms with Gasteiger partial charge in [-0.2, -0.15) is 0 Å². The van der Waals surface area contributed by atoms with Crippen molar-refractivity contribution >= 4 is 29.1 Å². The minimum absolute atomic E-state index is 0.0572. The van der Waals surface area contributed by atoms with E-state index in [9.17, 15) is 9.59 Å². The Morgan fingerprint density at radius 2 is 1.43 bits per heavy atom. The van der Waals surface area contributed by atoms with Crippen molar-refractivity contribution in [2.24, 2.45) is 0 Å². The molecule has 0 aliphatic rings. The highest BCUT2D eigenvalue weighted by Crippen LogP contribution is 2.14. The van der Waals surface area contributed by atoms with E-state index in [1.165, 1.54) is 5.56 Å². The second-order valence-electron chi connectivity index (χ2n) is 7.28. The van der Waals surface area contributed by atoms with Crippen LogP contribution in [0.3, 0.4) is 0 Å². The predicted molar refractivity (Wildman–Crippen MR) is 137 cm³/mol. The molecule has 35 heavy (non-hydrogen) atoms. The summed E-state index contributed by atoms with van der Waals surface area (Å²) in [4.78, 5) is 24.4. The Morgan fingerprint density at radius 3 is 2.14 bits per heavy atom. The van der Waals surface area contributed by atoms with Crippen molar-refractivity contribution in [1.82, 2.24) is 16.2 Å². The molecule has 0 aliphatic carbocycles. The molecule has 3 aromatic rings. The predicted octanol–water partition coefficient (Wildman–Crippen LogP) is 3.42. The Kier molecular flexibility index (Phi) is 9.89. The Labute approximate surface area is 209 Å². The number of para-hydroxylation sites is 1. The van der Waals surface area contributed by atoms with E-state index in [-0.39, 0.29) is 11.7 Å². The van der Waals surface area contributed by atoms with Gasteiger partial charge in [0, 0.05) is 5.56 Å². The molecule has 0 bridgehead atoms. The number of rotatable bonds is 10. The highest BCUT2D eigenvalue weighted by molar-refractivity contribution is 7.80. The second-order valence-corrected chi connectivity index (χ2v) is 7.69. The summed E-state index contributed by atoms with van der Waals surface area (Å²) in [6.07, 6.45) is 0.925. The summed E-state index contributed by atoms with van der Waals surface area (Å²) < 4.78 is 16.7. The third-order valence-corrected chi connectivity index (χ3v) is 4.91. The van der Waals surface area contributed by atoms with Gasteiger partial charge in [-0.05, 0) is 66.7 Å². The summed E-state index contributed by atoms with van der Waals surface area (Å²) in [7, 11) is 0. The number of hydrogen-bond donors (Lipinski definition) is 3. The SMILES string of the molecule is CCc1ccc(OCC(=O)NNC(=S)NC(=O)c2cccc(OCCOc3ccccc3)c2)cc1. The number of nitrogens with one attached hydrogen (secondary N) is 3. The molecule has 0 saturated carbocycles. The van der Waals surface area contributed by atoms with Crippen molar-refractivity contribution in [2.75, 3.05) is 19.8 Å². The molecule has 0 atom stereocenters. The van der Waals surface area contributed by atoms with Gasteiger partial charge in [-0.1, -0.05) is 43.3 Å². The van der Waals surface area contributed by atoms with Crippen LogP contribution in [-0.2, 0) is 11.2 Å². The quantitative estimate of drug-likeness (QED) is 0.226. The molecule has 0 unspecified atom stereocenters. The zero-order valence-electron chi connectivity index (χ0n) is 19.3. The van der Waals surface area contributed by atoms with Gasteiger partial charge in [0.15, 0.2) is 11.7 Å². The number of carbonyl (C=O) groups is 2. The standard InChI is InChI=1S/C26H27N3O5S/c1-2-19-11-13-22(14-12-19)34-18-24(30)28-29-26(35)27-25(31)20-7-6-10-23(17-20)33-16-15-32-21-8-4-3-5-9-21/h3-14,17H,2,15-16,18H2,1H3,(H,28,30)(H2,27,29,31,35). The lowest BCUT2D eigenvalue weighted by molar-refractivity contribution is -0.123. The van der Waals surface area contributed by atoms with Crippen molar-refractivity contribution in [2.45, 2.75) is 13.3 Å². The van der Waals surface area contributed by atoms with Gasteiger partial charge in [-0.3, -0.25) is 25.8 Å². The van der Waals surface area contributed by atoms with Crippen LogP contribution in [0.15, 0.2) is 78.9 Å². The van der Waals surface area contributed by atoms with E-state index in [1.54, 1.807) is 36.4 Å². The van der Waals surface area contributed by atoms with Gasteiger partial charge < -0.3 is 14.2 Å². The van der Waals surface area contributed by atoms with Crippen LogP contribution in [0.25, 0.3) is 0 Å². The van der Waals surface area contributed by atoms with Crippen LogP contribution in [0, 0.1) is 0 Å². The van der Waals surface area contributed by atoms with E-state index in [1.807, 2.05) is 42.5 Å². The van der Waals surface area contributed by atoms with Crippen molar-refractivity contribution in [3.8, 4) is 17.2 Å². The minimum atomic E-state index is -0.450. The third kappa shape index (κ3) is 8.98. The van der Waals surface area contributed by atoms with Crippen molar-refractivity contribution in [3.05, 3.63) is 90.0 Å². The van der Waals surface area contributed by atoms with Crippen LogP contribution in [0.2, 0.25) is 0 Å². The van der Waals surface area contributed by atoms with Crippen LogP contribution < -0.4 is 30.4 Å². The molecule has 182 valence electrons. The van der Waals surface area contributed by atoms with E-state index >= 15 is 0 Å². The summed E-state index contributed by atoms with van der Waals surface area (Å²) in [5.41, 5.74) is 6.39. The Morgan fingerprint density at radius 1 is 0.771 bits per heavy atom. The van der Waals surface area contributed by atoms with Gasteiger partial charge in [0.05, 0.1) is 0 Å². The van der Waals surface area contributed by atoms with E-state index in [4.69, 9.17) is 26.4 Å². The molecule has 0 aliphatic heterocycles. The van der Waals surface area contributed by atoms with E-state index in [0.717, 1.165) is 12.2 Å². The fourth-order valence-corrected chi connectivity index (χ4v) is 3.05. The number of carbonyl (C=O) groups excluding carboxylic acids is 2. The van der Waals surface area contributed by atoms with Gasteiger partial charge in [-0.15, -0.1) is 0 Å². The number of benzene rings is 3. The number of hydrogen-bond acceptors (Lipinski definition) is 6. The second kappa shape index (κ2) is 13.6. The average Bonchev–Trinajstić information content (AvgIpc) is 2.90. The molecule has 2 amide bonds.